The number of amides is 2. The van der Waals surface area contributed by atoms with Gasteiger partial charge >= 0.3 is 18.0 Å². The van der Waals surface area contributed by atoms with Crippen molar-refractivity contribution in [3.8, 4) is 12.1 Å². The summed E-state index contributed by atoms with van der Waals surface area (Å²) in [5.41, 5.74) is -2.12. The van der Waals surface area contributed by atoms with E-state index in [1.54, 1.807) is 6.07 Å². The second-order valence-electron chi connectivity index (χ2n) is 3.66. The summed E-state index contributed by atoms with van der Waals surface area (Å²) in [7, 11) is 0. The number of carbonyl (C=O) groups is 2. The Kier molecular flexibility index (Phi) is 4.86. The van der Waals surface area contributed by atoms with Gasteiger partial charge in [-0.3, -0.25) is 9.59 Å². The van der Waals surface area contributed by atoms with E-state index in [-0.39, 0.29) is 5.69 Å². The van der Waals surface area contributed by atoms with Crippen LogP contribution in [0, 0.1) is 22.7 Å². The third-order valence-electron chi connectivity index (χ3n) is 2.24. The van der Waals surface area contributed by atoms with Crippen LogP contribution in [-0.4, -0.2) is 18.4 Å². The van der Waals surface area contributed by atoms with Crippen LogP contribution in [0.15, 0.2) is 18.2 Å². The summed E-state index contributed by atoms with van der Waals surface area (Å²) in [6, 6.07) is 5.44. The Hall–Kier alpha value is -3.07. The second-order valence-corrected chi connectivity index (χ2v) is 3.66. The zero-order chi connectivity index (χ0) is 16.0. The minimum atomic E-state index is -4.77. The first kappa shape index (κ1) is 16.0. The molecule has 9 heteroatoms. The molecule has 0 fully saturated rings. The highest BCUT2D eigenvalue weighted by Gasteiger charge is 2.34. The number of nitriles is 2. The van der Waals surface area contributed by atoms with E-state index in [9.17, 15) is 22.8 Å². The molecule has 0 unspecified atom stereocenters. The molecule has 1 aromatic carbocycles. The quantitative estimate of drug-likeness (QED) is 0.630. The van der Waals surface area contributed by atoms with Gasteiger partial charge in [0.2, 0.25) is 0 Å². The van der Waals surface area contributed by atoms with Crippen molar-refractivity contribution in [3.63, 3.8) is 0 Å². The fourth-order valence-electron chi connectivity index (χ4n) is 1.34. The fraction of sp³-hybridized carbons (Fsp3) is 0.167. The maximum atomic E-state index is 12.7. The molecule has 6 nitrogen and oxygen atoms in total. The Balaban J connectivity index is 2.97. The predicted octanol–water partition coefficient (Wildman–Crippen LogP) is 1.16. The fourth-order valence-corrected chi connectivity index (χ4v) is 1.34. The van der Waals surface area contributed by atoms with E-state index in [2.05, 4.69) is 0 Å². The second kappa shape index (κ2) is 6.39. The number of anilines is 1. The van der Waals surface area contributed by atoms with Crippen molar-refractivity contribution in [2.75, 3.05) is 11.9 Å². The maximum absolute atomic E-state index is 12.7. The Morgan fingerprint density at radius 2 is 1.86 bits per heavy atom. The molecule has 0 heterocycles. The third kappa shape index (κ3) is 4.21. The summed E-state index contributed by atoms with van der Waals surface area (Å²) in [6.07, 6.45) is -4.77. The van der Waals surface area contributed by atoms with E-state index in [1.807, 2.05) is 10.6 Å². The molecule has 108 valence electrons. The SMILES string of the molecule is N#CCNC(=O)C(=O)Nc1ccc(C#N)c(C(F)(F)F)c1. The lowest BCUT2D eigenvalue weighted by Crippen LogP contribution is -2.35. The average molecular weight is 296 g/mol. The van der Waals surface area contributed by atoms with Crippen LogP contribution in [0.3, 0.4) is 0 Å². The summed E-state index contributed by atoms with van der Waals surface area (Å²) < 4.78 is 38.1. The van der Waals surface area contributed by atoms with Gasteiger partial charge in [-0.2, -0.15) is 23.7 Å². The molecule has 0 aromatic heterocycles. The smallest absolute Gasteiger partial charge is 0.335 e. The van der Waals surface area contributed by atoms with E-state index in [0.29, 0.717) is 6.07 Å². The molecule has 0 radical (unpaired) electrons. The van der Waals surface area contributed by atoms with Gasteiger partial charge < -0.3 is 10.6 Å². The zero-order valence-corrected chi connectivity index (χ0v) is 10.3. The molecule has 0 saturated carbocycles. The van der Waals surface area contributed by atoms with Crippen molar-refractivity contribution in [2.45, 2.75) is 6.18 Å². The number of carbonyl (C=O) groups excluding carboxylic acids is 2. The third-order valence-corrected chi connectivity index (χ3v) is 2.24. The van der Waals surface area contributed by atoms with Crippen LogP contribution in [0.25, 0.3) is 0 Å². The summed E-state index contributed by atoms with van der Waals surface area (Å²) in [5, 5.41) is 20.7. The lowest BCUT2D eigenvalue weighted by molar-refractivity contribution is -0.137. The lowest BCUT2D eigenvalue weighted by Gasteiger charge is -2.11. The number of halogens is 3. The number of benzene rings is 1. The molecule has 1 aromatic rings. The van der Waals surface area contributed by atoms with Gasteiger partial charge in [0.05, 0.1) is 23.3 Å². The molecule has 2 amide bonds. The van der Waals surface area contributed by atoms with E-state index in [0.717, 1.165) is 12.1 Å². The van der Waals surface area contributed by atoms with E-state index in [1.165, 1.54) is 6.07 Å². The van der Waals surface area contributed by atoms with E-state index >= 15 is 0 Å². The minimum absolute atomic E-state index is 0.293. The van der Waals surface area contributed by atoms with Crippen LogP contribution >= 0.6 is 0 Å². The Morgan fingerprint density at radius 1 is 1.19 bits per heavy atom. The van der Waals surface area contributed by atoms with Gasteiger partial charge in [0.15, 0.2) is 0 Å². The maximum Gasteiger partial charge on any atom is 0.417 e. The summed E-state index contributed by atoms with van der Waals surface area (Å²) in [6.45, 7) is -0.409. The molecule has 0 aliphatic carbocycles. The standard InChI is InChI=1S/C12H7F3N4O2/c13-12(14,15)9-5-8(2-1-7(9)6-17)19-11(21)10(20)18-4-3-16/h1-2,5H,4H2,(H,18,20)(H,19,21). The molecule has 0 aliphatic rings. The predicted molar refractivity (Wildman–Crippen MR) is 63.4 cm³/mol. The molecule has 1 rings (SSSR count). The van der Waals surface area contributed by atoms with Crippen LogP contribution in [0.2, 0.25) is 0 Å². The molecule has 0 saturated heterocycles. The van der Waals surface area contributed by atoms with Gasteiger partial charge in [-0.25, -0.2) is 0 Å². The molecular formula is C12H7F3N4O2. The molecule has 0 atom stereocenters. The monoisotopic (exact) mass is 296 g/mol. The molecule has 0 bridgehead atoms. The number of rotatable bonds is 2. The van der Waals surface area contributed by atoms with Gasteiger partial charge in [0.25, 0.3) is 0 Å². The highest BCUT2D eigenvalue weighted by Crippen LogP contribution is 2.33. The lowest BCUT2D eigenvalue weighted by atomic mass is 10.1. The Labute approximate surface area is 116 Å². The zero-order valence-electron chi connectivity index (χ0n) is 10.3. The van der Waals surface area contributed by atoms with Crippen molar-refractivity contribution in [2.24, 2.45) is 0 Å². The van der Waals surface area contributed by atoms with Crippen LogP contribution in [0.5, 0.6) is 0 Å². The van der Waals surface area contributed by atoms with Gasteiger partial charge in [-0.1, -0.05) is 0 Å². The van der Waals surface area contributed by atoms with Gasteiger partial charge in [-0.15, -0.1) is 0 Å². The van der Waals surface area contributed by atoms with Crippen molar-refractivity contribution in [3.05, 3.63) is 29.3 Å². The number of nitrogens with one attached hydrogen (secondary N) is 2. The van der Waals surface area contributed by atoms with Crippen LogP contribution in [0.4, 0.5) is 18.9 Å². The summed E-state index contributed by atoms with van der Waals surface area (Å²) >= 11 is 0. The Bertz CT molecular complexity index is 656. The summed E-state index contributed by atoms with van der Waals surface area (Å²) in [4.78, 5) is 22.5. The molecule has 0 aliphatic heterocycles. The number of alkyl halides is 3. The van der Waals surface area contributed by atoms with E-state index < -0.39 is 35.7 Å². The van der Waals surface area contributed by atoms with Gasteiger partial charge in [0, 0.05) is 5.69 Å². The van der Waals surface area contributed by atoms with Crippen LogP contribution in [0.1, 0.15) is 11.1 Å². The van der Waals surface area contributed by atoms with Gasteiger partial charge in [-0.05, 0) is 18.2 Å². The largest absolute Gasteiger partial charge is 0.417 e. The highest BCUT2D eigenvalue weighted by molar-refractivity contribution is 6.39. The van der Waals surface area contributed by atoms with Crippen molar-refractivity contribution in [1.82, 2.24) is 5.32 Å². The topological polar surface area (TPSA) is 106 Å². The number of nitrogens with zero attached hydrogens (tertiary/aromatic N) is 2. The number of hydrogen-bond acceptors (Lipinski definition) is 4. The molecule has 0 spiro atoms. The minimum Gasteiger partial charge on any atom is -0.335 e. The van der Waals surface area contributed by atoms with Crippen molar-refractivity contribution >= 4 is 17.5 Å². The average Bonchev–Trinajstić information content (AvgIpc) is 2.43. The summed E-state index contributed by atoms with van der Waals surface area (Å²) in [5.74, 6) is -2.38. The molecular weight excluding hydrogens is 289 g/mol. The normalized spacial score (nSPS) is 10.1. The first-order chi connectivity index (χ1) is 9.79. The first-order valence-corrected chi connectivity index (χ1v) is 5.37. The Morgan fingerprint density at radius 3 is 2.38 bits per heavy atom. The van der Waals surface area contributed by atoms with E-state index in [4.69, 9.17) is 10.5 Å². The molecule has 2 N–H and O–H groups in total. The first-order valence-electron chi connectivity index (χ1n) is 5.37. The highest BCUT2D eigenvalue weighted by atomic mass is 19.4. The van der Waals surface area contributed by atoms with Gasteiger partial charge in [0.1, 0.15) is 6.54 Å². The van der Waals surface area contributed by atoms with Crippen molar-refractivity contribution < 1.29 is 22.8 Å². The number of hydrogen-bond donors (Lipinski definition) is 2. The van der Waals surface area contributed by atoms with Crippen molar-refractivity contribution in [1.29, 1.82) is 10.5 Å². The van der Waals surface area contributed by atoms with Crippen LogP contribution in [-0.2, 0) is 15.8 Å². The molecule has 21 heavy (non-hydrogen) atoms. The van der Waals surface area contributed by atoms with Crippen LogP contribution < -0.4 is 10.6 Å².